The van der Waals surface area contributed by atoms with Gasteiger partial charge in [0.05, 0.1) is 11.3 Å². The Morgan fingerprint density at radius 2 is 1.71 bits per heavy atom. The number of benzene rings is 2. The molecule has 0 amide bonds. The number of phenolic OH excluding ortho intramolecular Hbond substituents is 1. The summed E-state index contributed by atoms with van der Waals surface area (Å²) in [5.74, 6) is 2.01. The van der Waals surface area contributed by atoms with Crippen LogP contribution in [0.5, 0.6) is 5.75 Å². The Labute approximate surface area is 248 Å². The Morgan fingerprint density at radius 3 is 2.24 bits per heavy atom. The second-order valence-corrected chi connectivity index (χ2v) is 11.0. The minimum Gasteiger partial charge on any atom is -0.508 e. The van der Waals surface area contributed by atoms with Crippen molar-refractivity contribution in [3.05, 3.63) is 86.4 Å². The van der Waals surface area contributed by atoms with Crippen LogP contribution in [0.1, 0.15) is 85.8 Å². The second kappa shape index (κ2) is 20.9. The summed E-state index contributed by atoms with van der Waals surface area (Å²) in [5.41, 5.74) is 3.66. The number of halogens is 2. The van der Waals surface area contributed by atoms with E-state index < -0.39 is 0 Å². The van der Waals surface area contributed by atoms with Gasteiger partial charge in [-0.1, -0.05) is 93.7 Å². The Kier molecular flexibility index (Phi) is 19.9. The van der Waals surface area contributed by atoms with E-state index in [2.05, 4.69) is 42.1 Å². The summed E-state index contributed by atoms with van der Waals surface area (Å²) >= 11 is 11.3. The molecule has 3 nitrogen and oxygen atoms in total. The maximum atomic E-state index is 12.5. The van der Waals surface area contributed by atoms with Gasteiger partial charge in [-0.25, -0.2) is 0 Å². The van der Waals surface area contributed by atoms with Gasteiger partial charge in [-0.2, -0.15) is 0 Å². The minimum atomic E-state index is 0.00115. The molecule has 0 aromatic heterocycles. The zero-order valence-corrected chi connectivity index (χ0v) is 27.3. The van der Waals surface area contributed by atoms with Crippen molar-refractivity contribution < 1.29 is 14.6 Å². The quantitative estimate of drug-likeness (QED) is 0.211. The lowest BCUT2D eigenvalue weighted by atomic mass is 9.95. The molecule has 0 saturated carbocycles. The number of thioether (sulfide) groups is 1. The minimum absolute atomic E-state index is 0.00115. The average Bonchev–Trinajstić information content (AvgIpc) is 2.90. The van der Waals surface area contributed by atoms with E-state index in [4.69, 9.17) is 16.3 Å². The number of ether oxygens (including phenoxy) is 1. The summed E-state index contributed by atoms with van der Waals surface area (Å²) in [7, 11) is 0. The first kappa shape index (κ1) is 36.0. The number of hydrogen-bond donors (Lipinski definition) is 1. The van der Waals surface area contributed by atoms with Gasteiger partial charge >= 0.3 is 0 Å². The molecule has 0 spiro atoms. The molecule has 0 radical (unpaired) electrons. The molecule has 38 heavy (non-hydrogen) atoms. The van der Waals surface area contributed by atoms with Gasteiger partial charge in [-0.15, -0.1) is 11.8 Å². The van der Waals surface area contributed by atoms with Gasteiger partial charge in [-0.3, -0.25) is 4.79 Å². The van der Waals surface area contributed by atoms with Gasteiger partial charge in [0.25, 0.3) is 0 Å². The molecule has 0 saturated heterocycles. The van der Waals surface area contributed by atoms with E-state index in [0.29, 0.717) is 16.4 Å². The van der Waals surface area contributed by atoms with Crippen molar-refractivity contribution in [3.63, 3.8) is 0 Å². The fourth-order valence-electron chi connectivity index (χ4n) is 2.97. The van der Waals surface area contributed by atoms with E-state index >= 15 is 0 Å². The SMILES string of the molecule is CC/C=C\O/C(=C(\C)C(=O)C(C)CC)c1ccccc1Br.CCC.CCS/C=C(\C)c1ccc(O)cc1Cl. The Hall–Kier alpha value is -1.95. The highest BCUT2D eigenvalue weighted by Crippen LogP contribution is 2.30. The highest BCUT2D eigenvalue weighted by atomic mass is 79.9. The Balaban J connectivity index is 0.000000694. The molecule has 0 aliphatic carbocycles. The molecule has 0 bridgehead atoms. The zero-order valence-electron chi connectivity index (χ0n) is 24.1. The standard InChI is InChI=1S/C18H23BrO2.C11H13ClOS.C3H8/c1-5-7-12-21-18(14(4)17(20)13(3)6-2)15-10-8-9-11-16(15)19;1-3-14-7-8(2)10-5-4-9(13)6-11(10)12;1-3-2/h7-13H,5-6H2,1-4H3;4-7,13H,3H2,1-2H3;3H2,1-2H3/b12-7-,18-14+;8-7+;. The van der Waals surface area contributed by atoms with Gasteiger partial charge in [-0.05, 0) is 79.3 Å². The molecule has 2 aromatic rings. The normalized spacial score (nSPS) is 12.5. The van der Waals surface area contributed by atoms with Crippen molar-refractivity contribution in [3.8, 4) is 5.75 Å². The third-order valence-corrected chi connectivity index (χ3v) is 7.07. The highest BCUT2D eigenvalue weighted by Gasteiger charge is 2.19. The van der Waals surface area contributed by atoms with Crippen LogP contribution in [0, 0.1) is 5.92 Å². The first-order chi connectivity index (χ1) is 18.1. The van der Waals surface area contributed by atoms with Gasteiger partial charge in [0, 0.05) is 21.5 Å². The van der Waals surface area contributed by atoms with E-state index in [9.17, 15) is 9.90 Å². The van der Waals surface area contributed by atoms with Crippen molar-refractivity contribution in [2.75, 3.05) is 5.75 Å². The van der Waals surface area contributed by atoms with Crippen LogP contribution in [-0.2, 0) is 9.53 Å². The van der Waals surface area contributed by atoms with E-state index in [0.717, 1.165) is 39.8 Å². The molecule has 1 N–H and O–H groups in total. The lowest BCUT2D eigenvalue weighted by Gasteiger charge is -2.15. The molecular weight excluding hydrogens is 580 g/mol. The molecule has 1 unspecified atom stereocenters. The van der Waals surface area contributed by atoms with Crippen molar-refractivity contribution in [1.29, 1.82) is 0 Å². The fraction of sp³-hybridized carbons (Fsp3) is 0.406. The number of rotatable bonds is 10. The Morgan fingerprint density at radius 1 is 1.08 bits per heavy atom. The smallest absolute Gasteiger partial charge is 0.165 e. The molecule has 6 heteroatoms. The third-order valence-electron chi connectivity index (χ3n) is 5.21. The topological polar surface area (TPSA) is 46.5 Å². The van der Waals surface area contributed by atoms with E-state index in [1.165, 1.54) is 6.42 Å². The summed E-state index contributed by atoms with van der Waals surface area (Å²) in [6.45, 7) is 16.2. The van der Waals surface area contributed by atoms with Crippen LogP contribution in [0.25, 0.3) is 11.3 Å². The van der Waals surface area contributed by atoms with Gasteiger partial charge in [0.2, 0.25) is 0 Å². The van der Waals surface area contributed by atoms with Crippen LogP contribution < -0.4 is 0 Å². The van der Waals surface area contributed by atoms with E-state index in [1.807, 2.05) is 71.0 Å². The van der Waals surface area contributed by atoms with Crippen LogP contribution in [-0.4, -0.2) is 16.6 Å². The lowest BCUT2D eigenvalue weighted by molar-refractivity contribution is -0.118. The number of Topliss-reactive ketones (excluding diaryl/α,β-unsaturated/α-hetero) is 1. The van der Waals surface area contributed by atoms with Crippen molar-refractivity contribution in [1.82, 2.24) is 0 Å². The third kappa shape index (κ3) is 13.2. The number of carbonyl (C=O) groups is 1. The lowest BCUT2D eigenvalue weighted by Crippen LogP contribution is -2.13. The molecule has 2 aromatic carbocycles. The second-order valence-electron chi connectivity index (χ2n) is 8.63. The molecule has 0 fully saturated rings. The highest BCUT2D eigenvalue weighted by molar-refractivity contribution is 9.10. The van der Waals surface area contributed by atoms with Crippen LogP contribution in [0.4, 0.5) is 0 Å². The summed E-state index contributed by atoms with van der Waals surface area (Å²) in [6.07, 6.45) is 6.55. The van der Waals surface area contributed by atoms with Gasteiger partial charge < -0.3 is 9.84 Å². The summed E-state index contributed by atoms with van der Waals surface area (Å²) in [5, 5.41) is 11.9. The number of phenols is 1. The van der Waals surface area contributed by atoms with Crippen LogP contribution in [0.3, 0.4) is 0 Å². The summed E-state index contributed by atoms with van der Waals surface area (Å²) in [6, 6.07) is 12.8. The van der Waals surface area contributed by atoms with Crippen molar-refractivity contribution in [2.24, 2.45) is 5.92 Å². The molecule has 2 rings (SSSR count). The first-order valence-corrected chi connectivity index (χ1v) is 15.4. The molecule has 0 heterocycles. The molecule has 1 atom stereocenters. The number of hydrogen-bond acceptors (Lipinski definition) is 4. The molecule has 0 aliphatic rings. The van der Waals surface area contributed by atoms with Crippen LogP contribution in [0.15, 0.2) is 70.3 Å². The molecular formula is C32H44BrClO3S. The predicted molar refractivity (Wildman–Crippen MR) is 173 cm³/mol. The largest absolute Gasteiger partial charge is 0.508 e. The fourth-order valence-corrected chi connectivity index (χ4v) is 4.31. The number of carbonyl (C=O) groups excluding carboxylic acids is 1. The predicted octanol–water partition coefficient (Wildman–Crippen LogP) is 11.3. The van der Waals surface area contributed by atoms with E-state index in [-0.39, 0.29) is 17.5 Å². The number of allylic oxidation sites excluding steroid dienone is 3. The summed E-state index contributed by atoms with van der Waals surface area (Å²) < 4.78 is 6.69. The monoisotopic (exact) mass is 622 g/mol. The van der Waals surface area contributed by atoms with Crippen LogP contribution in [0.2, 0.25) is 5.02 Å². The van der Waals surface area contributed by atoms with E-state index in [1.54, 1.807) is 30.2 Å². The average molecular weight is 624 g/mol. The summed E-state index contributed by atoms with van der Waals surface area (Å²) in [4.78, 5) is 12.5. The van der Waals surface area contributed by atoms with Crippen molar-refractivity contribution in [2.45, 2.75) is 74.7 Å². The zero-order chi connectivity index (χ0) is 29.1. The van der Waals surface area contributed by atoms with Gasteiger partial charge in [0.15, 0.2) is 5.78 Å². The van der Waals surface area contributed by atoms with Crippen molar-refractivity contribution >= 4 is 56.4 Å². The molecule has 0 aliphatic heterocycles. The number of ketones is 1. The maximum Gasteiger partial charge on any atom is 0.165 e. The molecule has 210 valence electrons. The van der Waals surface area contributed by atoms with Crippen LogP contribution >= 0.6 is 39.3 Å². The number of aromatic hydroxyl groups is 1. The van der Waals surface area contributed by atoms with Gasteiger partial charge in [0.1, 0.15) is 11.5 Å². The Bertz CT molecular complexity index is 1080. The first-order valence-electron chi connectivity index (χ1n) is 13.2. The maximum absolute atomic E-state index is 12.5.